The number of hydroxylamine groups is 1. The van der Waals surface area contributed by atoms with Crippen molar-refractivity contribution in [3.05, 3.63) is 0 Å². The molecule has 0 amide bonds. The largest absolute Gasteiger partial charge is 0.387 e. The third-order valence-electron chi connectivity index (χ3n) is 1.69. The van der Waals surface area contributed by atoms with Crippen LogP contribution in [0.25, 0.3) is 0 Å². The Kier molecular flexibility index (Phi) is 3.60. The van der Waals surface area contributed by atoms with Gasteiger partial charge in [0.1, 0.15) is 0 Å². The highest BCUT2D eigenvalue weighted by atomic mass is 32.2. The molecule has 0 saturated heterocycles. The topological polar surface area (TPSA) is 87.1 Å². The highest BCUT2D eigenvalue weighted by Crippen LogP contribution is 2.19. The average molecular weight is 199 g/mol. The zero-order valence-corrected chi connectivity index (χ0v) is 8.00. The summed E-state index contributed by atoms with van der Waals surface area (Å²) in [6.45, 7) is 4.67. The second-order valence-corrected chi connectivity index (χ2v) is 4.29. The molecule has 74 valence electrons. The molecule has 0 aromatic heterocycles. The molecule has 0 saturated carbocycles. The number of hydrogen-bond donors (Lipinski definition) is 2. The van der Waals surface area contributed by atoms with E-state index in [1.807, 2.05) is 0 Å². The number of nitrogens with zero attached hydrogens (tertiary/aromatic N) is 1. The molecule has 6 nitrogen and oxygen atoms in total. The number of hydrogen-bond acceptors (Lipinski definition) is 5. The van der Waals surface area contributed by atoms with Crippen LogP contribution in [0.3, 0.4) is 0 Å². The molecule has 7 heteroatoms. The van der Waals surface area contributed by atoms with Crippen molar-refractivity contribution >= 4 is 10.3 Å². The standard InChI is InChI=1S/C5H13NO5S/c1-4-5(2,3)6(7)12(9,10)11-8/h7-8H,4H2,1-3H3. The first-order valence-corrected chi connectivity index (χ1v) is 4.71. The monoisotopic (exact) mass is 199 g/mol. The maximum Gasteiger partial charge on any atom is 0.387 e. The third kappa shape index (κ3) is 2.39. The van der Waals surface area contributed by atoms with E-state index in [0.29, 0.717) is 6.42 Å². The molecule has 0 rings (SSSR count). The SMILES string of the molecule is CCC(C)(C)N(O)S(=O)(=O)OO. The van der Waals surface area contributed by atoms with Gasteiger partial charge in [-0.2, -0.15) is 8.42 Å². The first-order chi connectivity index (χ1) is 5.28. The Morgan fingerprint density at radius 2 is 1.92 bits per heavy atom. The average Bonchev–Trinajstić information content (AvgIpc) is 2.03. The molecule has 0 aromatic carbocycles. The van der Waals surface area contributed by atoms with Crippen LogP contribution in [0.5, 0.6) is 0 Å². The summed E-state index contributed by atoms with van der Waals surface area (Å²) in [6.07, 6.45) is 0.381. The van der Waals surface area contributed by atoms with Gasteiger partial charge in [-0.15, -0.1) is 0 Å². The molecule has 0 aliphatic heterocycles. The van der Waals surface area contributed by atoms with E-state index < -0.39 is 15.8 Å². The zero-order valence-electron chi connectivity index (χ0n) is 7.18. The van der Waals surface area contributed by atoms with Crippen LogP contribution in [0.2, 0.25) is 0 Å². The highest BCUT2D eigenvalue weighted by molar-refractivity contribution is 7.84. The predicted octanol–water partition coefficient (Wildman–Crippen LogP) is 0.601. The van der Waals surface area contributed by atoms with Crippen LogP contribution < -0.4 is 0 Å². The Hall–Kier alpha value is -0.210. The minimum Gasteiger partial charge on any atom is -0.297 e. The fourth-order valence-electron chi connectivity index (χ4n) is 0.469. The molecule has 0 bridgehead atoms. The smallest absolute Gasteiger partial charge is 0.297 e. The van der Waals surface area contributed by atoms with E-state index in [-0.39, 0.29) is 4.47 Å². The minimum atomic E-state index is -4.42. The van der Waals surface area contributed by atoms with Crippen LogP contribution in [0, 0.1) is 0 Å². The van der Waals surface area contributed by atoms with Crippen molar-refractivity contribution < 1.29 is 23.2 Å². The predicted molar refractivity (Wildman–Crippen MR) is 40.6 cm³/mol. The molecule has 0 atom stereocenters. The molecule has 12 heavy (non-hydrogen) atoms. The van der Waals surface area contributed by atoms with Gasteiger partial charge in [0.15, 0.2) is 0 Å². The van der Waals surface area contributed by atoms with E-state index in [1.54, 1.807) is 6.92 Å². The lowest BCUT2D eigenvalue weighted by Crippen LogP contribution is -2.45. The Bertz CT molecular complexity index is 234. The summed E-state index contributed by atoms with van der Waals surface area (Å²) in [7, 11) is -4.42. The maximum atomic E-state index is 10.7. The van der Waals surface area contributed by atoms with E-state index >= 15 is 0 Å². The Balaban J connectivity index is 4.72. The van der Waals surface area contributed by atoms with Gasteiger partial charge < -0.3 is 0 Å². The van der Waals surface area contributed by atoms with Gasteiger partial charge in [-0.1, -0.05) is 15.7 Å². The van der Waals surface area contributed by atoms with Crippen molar-refractivity contribution in [1.29, 1.82) is 0 Å². The van der Waals surface area contributed by atoms with Gasteiger partial charge in [-0.25, -0.2) is 5.26 Å². The molecular weight excluding hydrogens is 186 g/mol. The van der Waals surface area contributed by atoms with E-state index in [0.717, 1.165) is 0 Å². The Morgan fingerprint density at radius 3 is 2.17 bits per heavy atom. The van der Waals surface area contributed by atoms with Gasteiger partial charge in [0.2, 0.25) is 0 Å². The van der Waals surface area contributed by atoms with Crippen LogP contribution in [-0.4, -0.2) is 28.9 Å². The lowest BCUT2D eigenvalue weighted by molar-refractivity contribution is -0.168. The van der Waals surface area contributed by atoms with E-state index in [9.17, 15) is 8.42 Å². The Labute approximate surface area is 71.5 Å². The van der Waals surface area contributed by atoms with Crippen molar-refractivity contribution in [2.24, 2.45) is 0 Å². The van der Waals surface area contributed by atoms with Crippen LogP contribution in [-0.2, 0) is 14.6 Å². The van der Waals surface area contributed by atoms with Gasteiger partial charge in [-0.05, 0) is 20.3 Å². The first-order valence-electron chi connectivity index (χ1n) is 3.35. The number of rotatable bonds is 4. The third-order valence-corrected chi connectivity index (χ3v) is 2.80. The minimum absolute atomic E-state index is 0.0139. The molecule has 0 radical (unpaired) electrons. The second-order valence-electron chi connectivity index (χ2n) is 2.94. The molecular formula is C5H13NO5S. The van der Waals surface area contributed by atoms with Gasteiger partial charge in [0, 0.05) is 0 Å². The summed E-state index contributed by atoms with van der Waals surface area (Å²) < 4.78 is 24.5. The van der Waals surface area contributed by atoms with Crippen molar-refractivity contribution in [2.45, 2.75) is 32.7 Å². The molecule has 0 aliphatic rings. The second kappa shape index (κ2) is 3.67. The normalized spacial score (nSPS) is 13.8. The molecule has 2 N–H and O–H groups in total. The lowest BCUT2D eigenvalue weighted by atomic mass is 10.0. The zero-order chi connectivity index (χ0) is 9.99. The van der Waals surface area contributed by atoms with E-state index in [4.69, 9.17) is 10.5 Å². The van der Waals surface area contributed by atoms with Gasteiger partial charge in [0.25, 0.3) is 0 Å². The molecule has 0 fully saturated rings. The van der Waals surface area contributed by atoms with Gasteiger partial charge in [-0.3, -0.25) is 5.21 Å². The van der Waals surface area contributed by atoms with Gasteiger partial charge in [0.05, 0.1) is 5.54 Å². The fourth-order valence-corrected chi connectivity index (χ4v) is 1.27. The molecule has 0 spiro atoms. The molecule has 0 aromatic rings. The summed E-state index contributed by atoms with van der Waals surface area (Å²) in [6, 6.07) is 0. The van der Waals surface area contributed by atoms with Crippen LogP contribution in [0.15, 0.2) is 0 Å². The van der Waals surface area contributed by atoms with Crippen molar-refractivity contribution in [3.63, 3.8) is 0 Å². The molecule has 0 heterocycles. The summed E-state index contributed by atoms with van der Waals surface area (Å²) in [5.41, 5.74) is -0.998. The van der Waals surface area contributed by atoms with E-state index in [1.165, 1.54) is 13.8 Å². The summed E-state index contributed by atoms with van der Waals surface area (Å²) in [4.78, 5) is 0. The summed E-state index contributed by atoms with van der Waals surface area (Å²) in [5, 5.41) is 17.0. The molecule has 0 aliphatic carbocycles. The van der Waals surface area contributed by atoms with Crippen molar-refractivity contribution in [3.8, 4) is 0 Å². The molecule has 0 unspecified atom stereocenters. The fraction of sp³-hybridized carbons (Fsp3) is 1.00. The quantitative estimate of drug-likeness (QED) is 0.511. The van der Waals surface area contributed by atoms with Gasteiger partial charge >= 0.3 is 10.3 Å². The van der Waals surface area contributed by atoms with Crippen LogP contribution in [0.1, 0.15) is 27.2 Å². The van der Waals surface area contributed by atoms with Crippen molar-refractivity contribution in [2.75, 3.05) is 0 Å². The maximum absolute atomic E-state index is 10.7. The lowest BCUT2D eigenvalue weighted by Gasteiger charge is -2.29. The van der Waals surface area contributed by atoms with Crippen molar-refractivity contribution in [1.82, 2.24) is 4.47 Å². The van der Waals surface area contributed by atoms with Crippen LogP contribution >= 0.6 is 0 Å². The first kappa shape index (κ1) is 11.8. The Morgan fingerprint density at radius 1 is 1.50 bits per heavy atom. The highest BCUT2D eigenvalue weighted by Gasteiger charge is 2.34. The van der Waals surface area contributed by atoms with Crippen LogP contribution in [0.4, 0.5) is 0 Å². The summed E-state index contributed by atoms with van der Waals surface area (Å²) in [5.74, 6) is 0. The summed E-state index contributed by atoms with van der Waals surface area (Å²) >= 11 is 0. The van der Waals surface area contributed by atoms with E-state index in [2.05, 4.69) is 4.33 Å².